The Kier molecular flexibility index (Phi) is 3.18. The summed E-state index contributed by atoms with van der Waals surface area (Å²) in [4.78, 5) is 16.2. The van der Waals surface area contributed by atoms with Gasteiger partial charge in [0, 0.05) is 38.1 Å². The molecule has 1 unspecified atom stereocenters. The Morgan fingerprint density at radius 1 is 1.25 bits per heavy atom. The highest BCUT2D eigenvalue weighted by molar-refractivity contribution is 7.90. The molecule has 6 nitrogen and oxygen atoms in total. The molecular weight excluding hydrogens is 278 g/mol. The number of sulfone groups is 1. The van der Waals surface area contributed by atoms with Crippen molar-refractivity contribution in [2.45, 2.75) is 10.9 Å². The van der Waals surface area contributed by atoms with Crippen molar-refractivity contribution in [1.29, 1.82) is 0 Å². The number of benzene rings is 1. The first kappa shape index (κ1) is 13.4. The summed E-state index contributed by atoms with van der Waals surface area (Å²) in [6.45, 7) is 3.00. The molecule has 2 fully saturated rings. The third-order valence-electron chi connectivity index (χ3n) is 3.80. The Morgan fingerprint density at radius 2 is 1.95 bits per heavy atom. The highest BCUT2D eigenvalue weighted by atomic mass is 32.2. The van der Waals surface area contributed by atoms with Gasteiger partial charge in [-0.1, -0.05) is 0 Å². The largest absolute Gasteiger partial charge is 0.324 e. The van der Waals surface area contributed by atoms with Crippen molar-refractivity contribution >= 4 is 21.6 Å². The number of nitrogens with one attached hydrogen (secondary N) is 1. The number of urea groups is 1. The average Bonchev–Trinajstić information content (AvgIpc) is 2.76. The van der Waals surface area contributed by atoms with Gasteiger partial charge >= 0.3 is 6.03 Å². The Bertz CT molecular complexity index is 627. The molecule has 108 valence electrons. The zero-order valence-electron chi connectivity index (χ0n) is 11.2. The SMILES string of the molecule is CS(=O)(=O)c1ccc(N2CC3CNCCN3C2=O)cc1. The van der Waals surface area contributed by atoms with E-state index in [9.17, 15) is 13.2 Å². The van der Waals surface area contributed by atoms with Crippen LogP contribution in [0, 0.1) is 0 Å². The zero-order valence-corrected chi connectivity index (χ0v) is 12.1. The van der Waals surface area contributed by atoms with Crippen LogP contribution in [0.1, 0.15) is 0 Å². The van der Waals surface area contributed by atoms with Gasteiger partial charge in [-0.05, 0) is 24.3 Å². The minimum Gasteiger partial charge on any atom is -0.317 e. The van der Waals surface area contributed by atoms with Crippen LogP contribution in [0.25, 0.3) is 0 Å². The Morgan fingerprint density at radius 3 is 2.55 bits per heavy atom. The second kappa shape index (κ2) is 4.75. The fourth-order valence-corrected chi connectivity index (χ4v) is 3.34. The Balaban J connectivity index is 1.85. The van der Waals surface area contributed by atoms with Gasteiger partial charge in [-0.2, -0.15) is 0 Å². The molecule has 0 saturated carbocycles. The van der Waals surface area contributed by atoms with E-state index in [1.807, 2.05) is 4.90 Å². The van der Waals surface area contributed by atoms with Crippen molar-refractivity contribution in [2.75, 3.05) is 37.3 Å². The van der Waals surface area contributed by atoms with E-state index in [-0.39, 0.29) is 17.0 Å². The first-order valence-electron chi connectivity index (χ1n) is 6.56. The summed E-state index contributed by atoms with van der Waals surface area (Å²) in [5.41, 5.74) is 0.747. The van der Waals surface area contributed by atoms with Crippen LogP contribution < -0.4 is 10.2 Å². The molecule has 1 aromatic rings. The Labute approximate surface area is 118 Å². The van der Waals surface area contributed by atoms with Gasteiger partial charge in [-0.25, -0.2) is 13.2 Å². The number of carbonyl (C=O) groups excluding carboxylic acids is 1. The van der Waals surface area contributed by atoms with Gasteiger partial charge in [0.05, 0.1) is 10.9 Å². The van der Waals surface area contributed by atoms with E-state index in [0.717, 1.165) is 25.3 Å². The van der Waals surface area contributed by atoms with E-state index in [4.69, 9.17) is 0 Å². The smallest absolute Gasteiger partial charge is 0.317 e. The van der Waals surface area contributed by atoms with E-state index in [1.165, 1.54) is 6.26 Å². The van der Waals surface area contributed by atoms with Crippen molar-refractivity contribution in [3.05, 3.63) is 24.3 Å². The highest BCUT2D eigenvalue weighted by Gasteiger charge is 2.38. The van der Waals surface area contributed by atoms with Crippen molar-refractivity contribution < 1.29 is 13.2 Å². The summed E-state index contributed by atoms with van der Waals surface area (Å²) in [6, 6.07) is 6.69. The molecule has 1 N–H and O–H groups in total. The average molecular weight is 295 g/mol. The maximum absolute atomic E-state index is 12.3. The third kappa shape index (κ3) is 2.27. The lowest BCUT2D eigenvalue weighted by atomic mass is 10.2. The molecule has 1 atom stereocenters. The van der Waals surface area contributed by atoms with Crippen LogP contribution in [0.2, 0.25) is 0 Å². The number of rotatable bonds is 2. The standard InChI is InChI=1S/C13H17N3O3S/c1-20(18,19)12-4-2-10(3-5-12)16-9-11-8-14-6-7-15(11)13(16)17/h2-5,11,14H,6-9H2,1H3. The molecule has 2 saturated heterocycles. The molecule has 3 rings (SSSR count). The second-order valence-corrected chi connectivity index (χ2v) is 7.23. The van der Waals surface area contributed by atoms with Gasteiger partial charge in [-0.3, -0.25) is 4.90 Å². The van der Waals surface area contributed by atoms with Gasteiger partial charge in [0.15, 0.2) is 9.84 Å². The quantitative estimate of drug-likeness (QED) is 0.852. The van der Waals surface area contributed by atoms with Crippen molar-refractivity contribution in [3.8, 4) is 0 Å². The van der Waals surface area contributed by atoms with E-state index in [0.29, 0.717) is 6.54 Å². The maximum atomic E-state index is 12.3. The highest BCUT2D eigenvalue weighted by Crippen LogP contribution is 2.25. The molecule has 2 aliphatic heterocycles. The first-order chi connectivity index (χ1) is 9.47. The second-order valence-electron chi connectivity index (χ2n) is 5.21. The number of hydrogen-bond acceptors (Lipinski definition) is 4. The molecule has 0 aliphatic carbocycles. The van der Waals surface area contributed by atoms with Crippen LogP contribution in [0.4, 0.5) is 10.5 Å². The molecule has 0 aromatic heterocycles. The van der Waals surface area contributed by atoms with E-state index >= 15 is 0 Å². The number of anilines is 1. The minimum atomic E-state index is -3.20. The summed E-state index contributed by atoms with van der Waals surface area (Å²) in [6.07, 6.45) is 1.18. The lowest BCUT2D eigenvalue weighted by Gasteiger charge is -2.28. The van der Waals surface area contributed by atoms with Gasteiger partial charge < -0.3 is 10.2 Å². The zero-order chi connectivity index (χ0) is 14.3. The summed E-state index contributed by atoms with van der Waals surface area (Å²) in [7, 11) is -3.20. The molecule has 2 amide bonds. The van der Waals surface area contributed by atoms with Crippen LogP contribution in [0.15, 0.2) is 29.2 Å². The van der Waals surface area contributed by atoms with Crippen LogP contribution in [0.3, 0.4) is 0 Å². The lowest BCUT2D eigenvalue weighted by Crippen LogP contribution is -2.49. The van der Waals surface area contributed by atoms with Gasteiger partial charge in [0.1, 0.15) is 0 Å². The van der Waals surface area contributed by atoms with Crippen molar-refractivity contribution in [1.82, 2.24) is 10.2 Å². The molecular formula is C13H17N3O3S. The molecule has 0 radical (unpaired) electrons. The number of fused-ring (bicyclic) bond motifs is 1. The third-order valence-corrected chi connectivity index (χ3v) is 4.93. The van der Waals surface area contributed by atoms with E-state index in [2.05, 4.69) is 5.32 Å². The normalized spacial score (nSPS) is 23.1. The first-order valence-corrected chi connectivity index (χ1v) is 8.45. The van der Waals surface area contributed by atoms with E-state index < -0.39 is 9.84 Å². The Hall–Kier alpha value is -1.60. The summed E-state index contributed by atoms with van der Waals surface area (Å²) >= 11 is 0. The molecule has 20 heavy (non-hydrogen) atoms. The monoisotopic (exact) mass is 295 g/mol. The number of hydrogen-bond donors (Lipinski definition) is 1. The lowest BCUT2D eigenvalue weighted by molar-refractivity contribution is 0.193. The molecule has 2 heterocycles. The predicted molar refractivity (Wildman–Crippen MR) is 75.7 cm³/mol. The molecule has 7 heteroatoms. The summed E-state index contributed by atoms with van der Waals surface area (Å²) in [5.74, 6) is 0. The predicted octanol–water partition coefficient (Wildman–Crippen LogP) is 0.304. The van der Waals surface area contributed by atoms with Crippen LogP contribution in [-0.4, -0.2) is 57.8 Å². The van der Waals surface area contributed by atoms with Crippen molar-refractivity contribution in [3.63, 3.8) is 0 Å². The van der Waals surface area contributed by atoms with Gasteiger partial charge in [0.2, 0.25) is 0 Å². The molecule has 1 aromatic carbocycles. The van der Waals surface area contributed by atoms with Crippen LogP contribution in [-0.2, 0) is 9.84 Å². The number of amides is 2. The van der Waals surface area contributed by atoms with Crippen molar-refractivity contribution in [2.24, 2.45) is 0 Å². The maximum Gasteiger partial charge on any atom is 0.324 e. The summed E-state index contributed by atoms with van der Waals surface area (Å²) in [5, 5.41) is 3.28. The fourth-order valence-electron chi connectivity index (χ4n) is 2.71. The topological polar surface area (TPSA) is 69.7 Å². The minimum absolute atomic E-state index is 0.00334. The van der Waals surface area contributed by atoms with Gasteiger partial charge in [0.25, 0.3) is 0 Å². The molecule has 0 spiro atoms. The van der Waals surface area contributed by atoms with Crippen LogP contribution >= 0.6 is 0 Å². The van der Waals surface area contributed by atoms with Crippen LogP contribution in [0.5, 0.6) is 0 Å². The number of nitrogens with zero attached hydrogens (tertiary/aromatic N) is 2. The number of piperazine rings is 1. The summed E-state index contributed by atoms with van der Waals surface area (Å²) < 4.78 is 22.9. The number of carbonyl (C=O) groups is 1. The fraction of sp³-hybridized carbons (Fsp3) is 0.462. The van der Waals surface area contributed by atoms with E-state index in [1.54, 1.807) is 29.2 Å². The molecule has 2 aliphatic rings. The van der Waals surface area contributed by atoms with Gasteiger partial charge in [-0.15, -0.1) is 0 Å². The molecule has 0 bridgehead atoms.